The number of carbonyl (C=O) groups excluding carboxylic acids is 1. The van der Waals surface area contributed by atoms with Crippen LogP contribution in [-0.2, 0) is 18.8 Å². The van der Waals surface area contributed by atoms with E-state index in [-0.39, 0.29) is 12.4 Å². The van der Waals surface area contributed by atoms with Crippen molar-refractivity contribution < 1.29 is 28.0 Å². The maximum Gasteiger partial charge on any atom is 0.494 e. The molecule has 2 rings (SSSR count). The molecular weight excluding hydrogens is 326 g/mol. The molecule has 0 aromatic heterocycles. The molecule has 1 aromatic rings. The zero-order chi connectivity index (χ0) is 19.0. The summed E-state index contributed by atoms with van der Waals surface area (Å²) in [6.07, 6.45) is 0. The molecule has 25 heavy (non-hydrogen) atoms. The predicted molar refractivity (Wildman–Crippen MR) is 93.4 cm³/mol. The Morgan fingerprint density at radius 3 is 2.24 bits per heavy atom. The van der Waals surface area contributed by atoms with Crippen molar-refractivity contribution in [1.29, 1.82) is 0 Å². The van der Waals surface area contributed by atoms with E-state index in [2.05, 4.69) is 0 Å². The summed E-state index contributed by atoms with van der Waals surface area (Å²) in [5, 5.41) is 0. The summed E-state index contributed by atoms with van der Waals surface area (Å²) in [6.45, 7) is 11.1. The average Bonchev–Trinajstić information content (AvgIpc) is 2.73. The van der Waals surface area contributed by atoms with Gasteiger partial charge in [-0.15, -0.1) is 0 Å². The van der Waals surface area contributed by atoms with Crippen molar-refractivity contribution in [3.63, 3.8) is 0 Å². The van der Waals surface area contributed by atoms with Gasteiger partial charge in [0, 0.05) is 0 Å². The molecule has 1 aromatic carbocycles. The second-order valence-corrected chi connectivity index (χ2v) is 7.94. The zero-order valence-corrected chi connectivity index (χ0v) is 15.9. The van der Waals surface area contributed by atoms with Gasteiger partial charge in [0.25, 0.3) is 0 Å². The third kappa shape index (κ3) is 3.98. The van der Waals surface area contributed by atoms with E-state index in [1.165, 1.54) is 19.2 Å². The number of halogens is 1. The van der Waals surface area contributed by atoms with E-state index in [1.807, 2.05) is 27.7 Å². The molecule has 0 radical (unpaired) electrons. The van der Waals surface area contributed by atoms with Crippen molar-refractivity contribution in [2.75, 3.05) is 13.7 Å². The number of benzene rings is 1. The molecular formula is C18H26BFO5. The van der Waals surface area contributed by atoms with Crippen molar-refractivity contribution in [3.8, 4) is 5.75 Å². The Labute approximate surface area is 148 Å². The van der Waals surface area contributed by atoms with Gasteiger partial charge in [-0.2, -0.15) is 0 Å². The van der Waals surface area contributed by atoms with Crippen molar-refractivity contribution >= 4 is 18.6 Å². The zero-order valence-electron chi connectivity index (χ0n) is 15.9. The molecule has 5 nitrogen and oxygen atoms in total. The topological polar surface area (TPSA) is 54.0 Å². The molecule has 0 N–H and O–H groups in total. The van der Waals surface area contributed by atoms with E-state index < -0.39 is 35.5 Å². The monoisotopic (exact) mass is 352 g/mol. The summed E-state index contributed by atoms with van der Waals surface area (Å²) in [5.41, 5.74) is -1.27. The Balaban J connectivity index is 2.11. The smallest absolute Gasteiger partial charge is 0.489 e. The molecule has 1 aliphatic rings. The normalized spacial score (nSPS) is 19.0. The van der Waals surface area contributed by atoms with Crippen LogP contribution in [0, 0.1) is 11.2 Å². The second kappa shape index (κ2) is 6.61. The van der Waals surface area contributed by atoms with Crippen molar-refractivity contribution in [2.24, 2.45) is 5.41 Å². The Morgan fingerprint density at radius 2 is 1.76 bits per heavy atom. The molecule has 138 valence electrons. The molecule has 1 fully saturated rings. The van der Waals surface area contributed by atoms with Crippen LogP contribution in [-0.4, -0.2) is 38.0 Å². The lowest BCUT2D eigenvalue weighted by molar-refractivity contribution is -0.152. The van der Waals surface area contributed by atoms with Gasteiger partial charge >= 0.3 is 13.1 Å². The maximum absolute atomic E-state index is 14.4. The average molecular weight is 352 g/mol. The highest BCUT2D eigenvalue weighted by Crippen LogP contribution is 2.36. The van der Waals surface area contributed by atoms with E-state index in [0.717, 1.165) is 0 Å². The summed E-state index contributed by atoms with van der Waals surface area (Å²) in [6, 6.07) is 4.55. The number of hydrogen-bond acceptors (Lipinski definition) is 5. The molecule has 1 heterocycles. The Hall–Kier alpha value is -1.60. The van der Waals surface area contributed by atoms with E-state index in [9.17, 15) is 9.18 Å². The van der Waals surface area contributed by atoms with Gasteiger partial charge < -0.3 is 18.8 Å². The number of rotatable bonds is 5. The van der Waals surface area contributed by atoms with Gasteiger partial charge in [0.1, 0.15) is 6.61 Å². The van der Waals surface area contributed by atoms with Crippen molar-refractivity contribution in [1.82, 2.24) is 0 Å². The quantitative estimate of drug-likeness (QED) is 0.603. The Morgan fingerprint density at radius 1 is 1.20 bits per heavy atom. The highest BCUT2D eigenvalue weighted by Gasteiger charge is 2.51. The first kappa shape index (κ1) is 19.7. The summed E-state index contributed by atoms with van der Waals surface area (Å²) >= 11 is 0. The first-order chi connectivity index (χ1) is 11.4. The molecule has 1 aliphatic heterocycles. The van der Waals surface area contributed by atoms with E-state index >= 15 is 0 Å². The minimum Gasteiger partial charge on any atom is -0.489 e. The largest absolute Gasteiger partial charge is 0.494 e. The van der Waals surface area contributed by atoms with Crippen LogP contribution in [0.25, 0.3) is 0 Å². The van der Waals surface area contributed by atoms with Gasteiger partial charge in [-0.1, -0.05) is 6.07 Å². The standard InChI is InChI=1S/C18H26BFO5/c1-16(2,15(21)22-7)11-23-14-9-8-12(10-13(14)20)19-24-17(3,4)18(5,6)25-19/h8-10H,11H2,1-7H3. The maximum atomic E-state index is 14.4. The Bertz CT molecular complexity index is 641. The summed E-state index contributed by atoms with van der Waals surface area (Å²) < 4.78 is 36.4. The first-order valence-corrected chi connectivity index (χ1v) is 8.26. The van der Waals surface area contributed by atoms with Gasteiger partial charge in [0.05, 0.1) is 23.7 Å². The lowest BCUT2D eigenvalue weighted by Gasteiger charge is -2.32. The fourth-order valence-electron chi connectivity index (χ4n) is 2.35. The molecule has 0 atom stereocenters. The van der Waals surface area contributed by atoms with E-state index in [4.69, 9.17) is 18.8 Å². The number of esters is 1. The molecule has 1 saturated heterocycles. The van der Waals surface area contributed by atoms with Crippen molar-refractivity contribution in [3.05, 3.63) is 24.0 Å². The minimum absolute atomic E-state index is 0.00638. The van der Waals surface area contributed by atoms with Crippen LogP contribution in [0.3, 0.4) is 0 Å². The molecule has 7 heteroatoms. The van der Waals surface area contributed by atoms with Gasteiger partial charge in [-0.05, 0) is 59.1 Å². The number of hydrogen-bond donors (Lipinski definition) is 0. The fourth-order valence-corrected chi connectivity index (χ4v) is 2.35. The number of ether oxygens (including phenoxy) is 2. The summed E-state index contributed by atoms with van der Waals surface area (Å²) in [7, 11) is 0.671. The van der Waals surface area contributed by atoms with Crippen LogP contribution in [0.4, 0.5) is 4.39 Å². The van der Waals surface area contributed by atoms with E-state index in [0.29, 0.717) is 5.46 Å². The third-order valence-corrected chi connectivity index (χ3v) is 4.81. The second-order valence-electron chi connectivity index (χ2n) is 7.94. The SMILES string of the molecule is COC(=O)C(C)(C)COc1ccc(B2OC(C)(C)C(C)(C)O2)cc1F. The summed E-state index contributed by atoms with van der Waals surface area (Å²) in [4.78, 5) is 11.7. The molecule has 0 bridgehead atoms. The minimum atomic E-state index is -0.869. The molecule has 0 saturated carbocycles. The van der Waals surface area contributed by atoms with Crippen LogP contribution in [0.15, 0.2) is 18.2 Å². The van der Waals surface area contributed by atoms with Crippen molar-refractivity contribution in [2.45, 2.75) is 52.7 Å². The van der Waals surface area contributed by atoms with E-state index in [1.54, 1.807) is 19.9 Å². The predicted octanol–water partition coefficient (Wildman–Crippen LogP) is 2.70. The van der Waals surface area contributed by atoms with Crippen LogP contribution in [0.2, 0.25) is 0 Å². The third-order valence-electron chi connectivity index (χ3n) is 4.81. The van der Waals surface area contributed by atoms with Gasteiger partial charge in [-0.25, -0.2) is 4.39 Å². The van der Waals surface area contributed by atoms with Crippen LogP contribution in [0.1, 0.15) is 41.5 Å². The van der Waals surface area contributed by atoms with Gasteiger partial charge in [0.15, 0.2) is 11.6 Å². The van der Waals surface area contributed by atoms with Gasteiger partial charge in [-0.3, -0.25) is 4.79 Å². The number of carbonyl (C=O) groups is 1. The van der Waals surface area contributed by atoms with Crippen LogP contribution >= 0.6 is 0 Å². The lowest BCUT2D eigenvalue weighted by atomic mass is 9.79. The fraction of sp³-hybridized carbons (Fsp3) is 0.611. The van der Waals surface area contributed by atoms with Crippen LogP contribution < -0.4 is 10.2 Å². The van der Waals surface area contributed by atoms with Crippen LogP contribution in [0.5, 0.6) is 5.75 Å². The highest BCUT2D eigenvalue weighted by molar-refractivity contribution is 6.62. The lowest BCUT2D eigenvalue weighted by Crippen LogP contribution is -2.41. The molecule has 0 spiro atoms. The molecule has 0 unspecified atom stereocenters. The Kier molecular flexibility index (Phi) is 5.22. The molecule has 0 aliphatic carbocycles. The molecule has 0 amide bonds. The number of methoxy groups -OCH3 is 1. The highest BCUT2D eigenvalue weighted by atomic mass is 19.1. The summed E-state index contributed by atoms with van der Waals surface area (Å²) in [5.74, 6) is -0.883. The first-order valence-electron chi connectivity index (χ1n) is 8.26. The van der Waals surface area contributed by atoms with Gasteiger partial charge in [0.2, 0.25) is 0 Å².